The average Bonchev–Trinajstić information content (AvgIpc) is 3.55. The molecule has 1 amide bonds. The highest BCUT2D eigenvalue weighted by atomic mass is 32.2. The second-order valence-electron chi connectivity index (χ2n) is 11.1. The fraction of sp³-hybridized carbons (Fsp3) is 0.567. The van der Waals surface area contributed by atoms with E-state index in [4.69, 9.17) is 18.9 Å². The van der Waals surface area contributed by atoms with Crippen LogP contribution in [0.3, 0.4) is 0 Å². The predicted molar refractivity (Wildman–Crippen MR) is 158 cm³/mol. The molecule has 4 rings (SSSR count). The van der Waals surface area contributed by atoms with Crippen LogP contribution in [-0.2, 0) is 30.7 Å². The lowest BCUT2D eigenvalue weighted by Crippen LogP contribution is -2.51. The van der Waals surface area contributed by atoms with Gasteiger partial charge in [-0.25, -0.2) is 13.2 Å². The number of hydrogen-bond donors (Lipinski definition) is 3. The van der Waals surface area contributed by atoms with Crippen molar-refractivity contribution in [2.45, 2.75) is 75.4 Å². The maximum atomic E-state index is 13.9. The normalized spacial score (nSPS) is 21.6. The summed E-state index contributed by atoms with van der Waals surface area (Å²) in [6, 6.07) is 13.3. The van der Waals surface area contributed by atoms with Crippen molar-refractivity contribution >= 4 is 21.8 Å². The second kappa shape index (κ2) is 14.5. The average molecular weight is 606 g/mol. The summed E-state index contributed by atoms with van der Waals surface area (Å²) in [5, 5.41) is 17.4. The van der Waals surface area contributed by atoms with Gasteiger partial charge in [-0.1, -0.05) is 44.2 Å². The molecular weight excluding hydrogens is 562 g/mol. The van der Waals surface area contributed by atoms with Crippen molar-refractivity contribution < 1.29 is 37.3 Å². The number of nitrogens with one attached hydrogen (secondary N) is 2. The van der Waals surface area contributed by atoms with Crippen molar-refractivity contribution in [1.29, 1.82) is 0 Å². The lowest BCUT2D eigenvalue weighted by atomic mass is 10.0. The molecule has 1 saturated heterocycles. The predicted octanol–water partition coefficient (Wildman–Crippen LogP) is 3.38. The Morgan fingerprint density at radius 3 is 2.40 bits per heavy atom. The van der Waals surface area contributed by atoms with Gasteiger partial charge in [-0.3, -0.25) is 0 Å². The molecule has 2 aromatic carbocycles. The number of aliphatic hydroxyl groups is 1. The van der Waals surface area contributed by atoms with E-state index in [1.54, 1.807) is 6.07 Å². The Labute approximate surface area is 248 Å². The van der Waals surface area contributed by atoms with Gasteiger partial charge in [0.25, 0.3) is 0 Å². The summed E-state index contributed by atoms with van der Waals surface area (Å²) < 4.78 is 51.1. The first-order chi connectivity index (χ1) is 20.1. The zero-order chi connectivity index (χ0) is 30.3. The Bertz CT molecular complexity index is 1260. The van der Waals surface area contributed by atoms with E-state index in [2.05, 4.69) is 10.6 Å². The van der Waals surface area contributed by atoms with Gasteiger partial charge in [0.1, 0.15) is 18.6 Å². The van der Waals surface area contributed by atoms with Gasteiger partial charge < -0.3 is 34.7 Å². The van der Waals surface area contributed by atoms with Gasteiger partial charge >= 0.3 is 6.09 Å². The number of amides is 1. The third kappa shape index (κ3) is 8.13. The Morgan fingerprint density at radius 1 is 1.10 bits per heavy atom. The van der Waals surface area contributed by atoms with Gasteiger partial charge in [-0.2, -0.15) is 4.31 Å². The number of methoxy groups -OCH3 is 1. The zero-order valence-electron chi connectivity index (χ0n) is 24.7. The first-order valence-corrected chi connectivity index (χ1v) is 15.9. The second-order valence-corrected chi connectivity index (χ2v) is 13.1. The van der Waals surface area contributed by atoms with Gasteiger partial charge in [-0.15, -0.1) is 0 Å². The van der Waals surface area contributed by atoms with Crippen LogP contribution in [0.4, 0.5) is 10.5 Å². The Morgan fingerprint density at radius 2 is 1.79 bits per heavy atom. The summed E-state index contributed by atoms with van der Waals surface area (Å²) in [6.07, 6.45) is -1.10. The van der Waals surface area contributed by atoms with Crippen molar-refractivity contribution in [2.24, 2.45) is 5.92 Å². The molecule has 1 heterocycles. The first-order valence-electron chi connectivity index (χ1n) is 14.4. The highest BCUT2D eigenvalue weighted by Gasteiger charge is 2.42. The zero-order valence-corrected chi connectivity index (χ0v) is 25.5. The SMILES string of the molecule is CCNc1ccc(S(=O)(=O)N(CC(C)C)C[C@@H](O)[C@H](Cc2ccccc2)NC(=O)OC2C[C@@H]3OCO[C@@H]3C2)cc1OC. The standard InChI is InChI=1S/C30H43N3O8S/c1-5-31-24-12-11-23(16-27(24)38-4)42(36,37)33(17-20(2)3)18-26(34)25(13-21-9-7-6-8-10-21)32-30(35)41-22-14-28-29(15-22)40-19-39-28/h6-12,16,20,22,25-26,28-29,31,34H,5,13-15,17-19H2,1-4H3,(H,32,35)/t22?,25-,26+,28-,29+/m0/s1. The van der Waals surface area contributed by atoms with Gasteiger partial charge in [0.05, 0.1) is 42.0 Å². The van der Waals surface area contributed by atoms with E-state index in [1.165, 1.54) is 23.5 Å². The van der Waals surface area contributed by atoms with E-state index in [0.29, 0.717) is 30.8 Å². The number of benzene rings is 2. The largest absolute Gasteiger partial charge is 0.495 e. The first kappa shape index (κ1) is 32.0. The molecule has 11 nitrogen and oxygen atoms in total. The summed E-state index contributed by atoms with van der Waals surface area (Å²) in [6.45, 7) is 6.59. The molecule has 42 heavy (non-hydrogen) atoms. The number of nitrogens with zero attached hydrogens (tertiary/aromatic N) is 1. The van der Waals surface area contributed by atoms with Crippen molar-refractivity contribution in [3.63, 3.8) is 0 Å². The highest BCUT2D eigenvalue weighted by Crippen LogP contribution is 2.32. The summed E-state index contributed by atoms with van der Waals surface area (Å²) in [5.41, 5.74) is 1.56. The molecule has 3 N–H and O–H groups in total. The molecule has 0 bridgehead atoms. The molecule has 0 spiro atoms. The van der Waals surface area contributed by atoms with Crippen LogP contribution in [-0.4, -0.2) is 87.9 Å². The third-order valence-corrected chi connectivity index (χ3v) is 9.27. The summed E-state index contributed by atoms with van der Waals surface area (Å²) in [4.78, 5) is 13.0. The van der Waals surface area contributed by atoms with Crippen LogP contribution in [0.5, 0.6) is 5.75 Å². The number of alkyl carbamates (subject to hydrolysis) is 1. The van der Waals surface area contributed by atoms with E-state index < -0.39 is 28.3 Å². The summed E-state index contributed by atoms with van der Waals surface area (Å²) in [7, 11) is -2.54. The molecule has 5 atom stereocenters. The number of fused-ring (bicyclic) bond motifs is 1. The maximum absolute atomic E-state index is 13.9. The molecule has 0 radical (unpaired) electrons. The molecule has 232 valence electrons. The van der Waals surface area contributed by atoms with Gasteiger partial charge in [0.2, 0.25) is 10.0 Å². The lowest BCUT2D eigenvalue weighted by Gasteiger charge is -2.31. The monoisotopic (exact) mass is 605 g/mol. The van der Waals surface area contributed by atoms with Crippen LogP contribution in [0.25, 0.3) is 0 Å². The molecule has 2 aromatic rings. The summed E-state index contributed by atoms with van der Waals surface area (Å²) in [5.74, 6) is 0.382. The topological polar surface area (TPSA) is 136 Å². The van der Waals surface area contributed by atoms with Gasteiger partial charge in [-0.05, 0) is 37.0 Å². The fourth-order valence-corrected chi connectivity index (χ4v) is 7.04. The number of hydrogen-bond acceptors (Lipinski definition) is 9. The number of carbonyl (C=O) groups excluding carboxylic acids is 1. The van der Waals surface area contributed by atoms with Crippen LogP contribution < -0.4 is 15.4 Å². The van der Waals surface area contributed by atoms with E-state index in [0.717, 1.165) is 5.56 Å². The third-order valence-electron chi connectivity index (χ3n) is 7.45. The van der Waals surface area contributed by atoms with Crippen LogP contribution in [0.2, 0.25) is 0 Å². The Hall–Kier alpha value is -2.90. The minimum Gasteiger partial charge on any atom is -0.495 e. The molecule has 2 aliphatic rings. The van der Waals surface area contributed by atoms with Crippen LogP contribution in [0.1, 0.15) is 39.2 Å². The molecule has 1 saturated carbocycles. The molecule has 2 fully saturated rings. The number of anilines is 1. The van der Waals surface area contributed by atoms with Crippen LogP contribution in [0.15, 0.2) is 53.4 Å². The van der Waals surface area contributed by atoms with E-state index in [1.807, 2.05) is 51.1 Å². The summed E-state index contributed by atoms with van der Waals surface area (Å²) >= 11 is 0. The Kier molecular flexibility index (Phi) is 11.1. The highest BCUT2D eigenvalue weighted by molar-refractivity contribution is 7.89. The van der Waals surface area contributed by atoms with E-state index in [-0.39, 0.29) is 55.4 Å². The van der Waals surface area contributed by atoms with Crippen molar-refractivity contribution in [3.05, 3.63) is 54.1 Å². The fourth-order valence-electron chi connectivity index (χ4n) is 5.40. The molecule has 1 aliphatic carbocycles. The number of aliphatic hydroxyl groups excluding tert-OH is 1. The molecular formula is C30H43N3O8S. The van der Waals surface area contributed by atoms with Gasteiger partial charge in [0.15, 0.2) is 0 Å². The van der Waals surface area contributed by atoms with Crippen molar-refractivity contribution in [3.8, 4) is 5.75 Å². The molecule has 12 heteroatoms. The van der Waals surface area contributed by atoms with Crippen molar-refractivity contribution in [2.75, 3.05) is 38.9 Å². The quantitative estimate of drug-likeness (QED) is 0.296. The molecule has 1 unspecified atom stereocenters. The maximum Gasteiger partial charge on any atom is 0.407 e. The van der Waals surface area contributed by atoms with Crippen LogP contribution >= 0.6 is 0 Å². The van der Waals surface area contributed by atoms with Crippen LogP contribution in [0, 0.1) is 5.92 Å². The smallest absolute Gasteiger partial charge is 0.407 e. The molecule has 1 aliphatic heterocycles. The minimum absolute atomic E-state index is 0.0216. The van der Waals surface area contributed by atoms with E-state index in [9.17, 15) is 18.3 Å². The lowest BCUT2D eigenvalue weighted by molar-refractivity contribution is 0.00201. The van der Waals surface area contributed by atoms with Gasteiger partial charge in [0, 0.05) is 38.5 Å². The number of sulfonamides is 1. The molecule has 0 aromatic heterocycles. The van der Waals surface area contributed by atoms with Crippen molar-refractivity contribution in [1.82, 2.24) is 9.62 Å². The number of ether oxygens (including phenoxy) is 4. The minimum atomic E-state index is -4.02. The van der Waals surface area contributed by atoms with E-state index >= 15 is 0 Å². The number of carbonyl (C=O) groups is 1. The number of rotatable bonds is 14. The Balaban J connectivity index is 1.52.